The van der Waals surface area contributed by atoms with E-state index in [4.69, 9.17) is 10.8 Å². The quantitative estimate of drug-likeness (QED) is 0.569. The summed E-state index contributed by atoms with van der Waals surface area (Å²) in [6.07, 6.45) is -1.20. The molecule has 1 aromatic carbocycles. The second-order valence-electron chi connectivity index (χ2n) is 4.12. The van der Waals surface area contributed by atoms with Crippen LogP contribution in [0, 0.1) is 6.92 Å². The maximum absolute atomic E-state index is 11.9. The topological polar surface area (TPSA) is 113 Å². The first-order chi connectivity index (χ1) is 8.32. The van der Waals surface area contributed by atoms with Crippen molar-refractivity contribution in [1.29, 1.82) is 0 Å². The fourth-order valence-electron chi connectivity index (χ4n) is 1.47. The summed E-state index contributed by atoms with van der Waals surface area (Å²) in [4.78, 5) is 22.7. The Kier molecular flexibility index (Phi) is 4.28. The van der Waals surface area contributed by atoms with Crippen molar-refractivity contribution in [3.63, 3.8) is 0 Å². The molecule has 0 saturated heterocycles. The van der Waals surface area contributed by atoms with Crippen molar-refractivity contribution in [2.45, 2.75) is 26.0 Å². The Balaban J connectivity index is 2.94. The summed E-state index contributed by atoms with van der Waals surface area (Å²) >= 11 is 0. The smallest absolute Gasteiger partial charge is 0.328 e. The van der Waals surface area contributed by atoms with Gasteiger partial charge in [-0.1, -0.05) is 11.6 Å². The number of aliphatic hydroxyl groups excluding tert-OH is 1. The Labute approximate surface area is 104 Å². The minimum atomic E-state index is -1.36. The molecule has 2 atom stereocenters. The predicted molar refractivity (Wildman–Crippen MR) is 66.2 cm³/mol. The van der Waals surface area contributed by atoms with Gasteiger partial charge in [0.05, 0.1) is 11.7 Å². The van der Waals surface area contributed by atoms with Crippen LogP contribution in [0.3, 0.4) is 0 Å². The molecule has 18 heavy (non-hydrogen) atoms. The molecule has 0 aromatic heterocycles. The normalized spacial score (nSPS) is 13.7. The van der Waals surface area contributed by atoms with Gasteiger partial charge in [0, 0.05) is 5.69 Å². The first kappa shape index (κ1) is 14.0. The average Bonchev–Trinajstić information content (AvgIpc) is 2.28. The van der Waals surface area contributed by atoms with E-state index in [2.05, 4.69) is 5.32 Å². The third-order valence-corrected chi connectivity index (χ3v) is 2.49. The molecule has 0 aliphatic heterocycles. The van der Waals surface area contributed by atoms with Gasteiger partial charge < -0.3 is 21.3 Å². The number of carbonyl (C=O) groups is 2. The van der Waals surface area contributed by atoms with Crippen molar-refractivity contribution in [2.24, 2.45) is 0 Å². The maximum atomic E-state index is 11.9. The van der Waals surface area contributed by atoms with Crippen LogP contribution in [0.25, 0.3) is 0 Å². The van der Waals surface area contributed by atoms with Crippen LogP contribution < -0.4 is 11.1 Å². The van der Waals surface area contributed by atoms with E-state index in [9.17, 15) is 14.7 Å². The molecule has 0 spiro atoms. The number of rotatable bonds is 4. The fraction of sp³-hybridized carbons (Fsp3) is 0.333. The summed E-state index contributed by atoms with van der Waals surface area (Å²) < 4.78 is 0. The minimum absolute atomic E-state index is 0.196. The first-order valence-electron chi connectivity index (χ1n) is 5.40. The molecule has 1 aromatic rings. The van der Waals surface area contributed by atoms with Crippen LogP contribution in [0.4, 0.5) is 5.69 Å². The highest BCUT2D eigenvalue weighted by Gasteiger charge is 2.26. The molecule has 1 rings (SSSR count). The molecule has 0 bridgehead atoms. The molecular formula is C12H16N2O4. The zero-order valence-corrected chi connectivity index (χ0v) is 10.2. The summed E-state index contributed by atoms with van der Waals surface area (Å²) in [6.45, 7) is 3.08. The lowest BCUT2D eigenvalue weighted by Crippen LogP contribution is -2.47. The number of benzene rings is 1. The van der Waals surface area contributed by atoms with Crippen molar-refractivity contribution in [3.8, 4) is 0 Å². The SMILES string of the molecule is Cc1ccc(N)c(C(=O)N[C@H](C(=O)O)[C@@H](C)O)c1. The van der Waals surface area contributed by atoms with Gasteiger partial charge in [-0.05, 0) is 26.0 Å². The van der Waals surface area contributed by atoms with Gasteiger partial charge >= 0.3 is 5.97 Å². The molecule has 0 unspecified atom stereocenters. The monoisotopic (exact) mass is 252 g/mol. The summed E-state index contributed by atoms with van der Waals surface area (Å²) in [5.74, 6) is -1.92. The number of hydrogen-bond acceptors (Lipinski definition) is 4. The van der Waals surface area contributed by atoms with E-state index >= 15 is 0 Å². The van der Waals surface area contributed by atoms with Gasteiger partial charge in [0.25, 0.3) is 5.91 Å². The fourth-order valence-corrected chi connectivity index (χ4v) is 1.47. The van der Waals surface area contributed by atoms with Crippen molar-refractivity contribution < 1.29 is 19.8 Å². The average molecular weight is 252 g/mol. The number of nitrogens with two attached hydrogens (primary N) is 1. The Morgan fingerprint density at radius 1 is 1.39 bits per heavy atom. The largest absolute Gasteiger partial charge is 0.480 e. The number of carboxylic acid groups (broad SMARTS) is 1. The van der Waals surface area contributed by atoms with Gasteiger partial charge in [-0.25, -0.2) is 4.79 Å². The number of hydrogen-bond donors (Lipinski definition) is 4. The van der Waals surface area contributed by atoms with Crippen LogP contribution >= 0.6 is 0 Å². The van der Waals surface area contributed by atoms with E-state index < -0.39 is 24.0 Å². The van der Waals surface area contributed by atoms with Crippen molar-refractivity contribution in [3.05, 3.63) is 29.3 Å². The zero-order chi connectivity index (χ0) is 13.9. The molecule has 0 aliphatic carbocycles. The van der Waals surface area contributed by atoms with Crippen LogP contribution in [0.2, 0.25) is 0 Å². The summed E-state index contributed by atoms with van der Waals surface area (Å²) in [7, 11) is 0. The van der Waals surface area contributed by atoms with Crippen molar-refractivity contribution >= 4 is 17.6 Å². The molecular weight excluding hydrogens is 236 g/mol. The highest BCUT2D eigenvalue weighted by atomic mass is 16.4. The number of carbonyl (C=O) groups excluding carboxylic acids is 1. The summed E-state index contributed by atoms with van der Waals surface area (Å²) in [6, 6.07) is 3.51. The van der Waals surface area contributed by atoms with Gasteiger partial charge in [0.2, 0.25) is 0 Å². The Morgan fingerprint density at radius 3 is 2.50 bits per heavy atom. The lowest BCUT2D eigenvalue weighted by molar-refractivity contribution is -0.141. The molecule has 0 fully saturated rings. The van der Waals surface area contributed by atoms with E-state index in [0.717, 1.165) is 5.56 Å². The van der Waals surface area contributed by atoms with Crippen LogP contribution in [-0.4, -0.2) is 34.2 Å². The first-order valence-corrected chi connectivity index (χ1v) is 5.40. The second kappa shape index (κ2) is 5.50. The van der Waals surface area contributed by atoms with Gasteiger partial charge in [0.15, 0.2) is 6.04 Å². The number of aliphatic hydroxyl groups is 1. The highest BCUT2D eigenvalue weighted by molar-refractivity contribution is 6.01. The molecule has 6 heteroatoms. The minimum Gasteiger partial charge on any atom is -0.480 e. The third kappa shape index (κ3) is 3.21. The molecule has 0 heterocycles. The van der Waals surface area contributed by atoms with Gasteiger partial charge in [0.1, 0.15) is 0 Å². The maximum Gasteiger partial charge on any atom is 0.328 e. The summed E-state index contributed by atoms with van der Waals surface area (Å²) in [5, 5.41) is 20.4. The standard InChI is InChI=1S/C12H16N2O4/c1-6-3-4-9(13)8(5-6)11(16)14-10(7(2)15)12(17)18/h3-5,7,10,15H,13H2,1-2H3,(H,14,16)(H,17,18)/t7-,10+/m1/s1. The number of aryl methyl sites for hydroxylation is 1. The van der Waals surface area contributed by atoms with Gasteiger partial charge in [-0.15, -0.1) is 0 Å². The van der Waals surface area contributed by atoms with Crippen LogP contribution in [-0.2, 0) is 4.79 Å². The zero-order valence-electron chi connectivity index (χ0n) is 10.2. The van der Waals surface area contributed by atoms with Crippen molar-refractivity contribution in [1.82, 2.24) is 5.32 Å². The highest BCUT2D eigenvalue weighted by Crippen LogP contribution is 2.14. The molecule has 1 amide bonds. The molecule has 98 valence electrons. The number of aliphatic carboxylic acids is 1. The molecule has 0 radical (unpaired) electrons. The number of anilines is 1. The third-order valence-electron chi connectivity index (χ3n) is 2.49. The van der Waals surface area contributed by atoms with E-state index in [1.807, 2.05) is 0 Å². The number of carboxylic acids is 1. The van der Waals surface area contributed by atoms with E-state index in [0.29, 0.717) is 0 Å². The molecule has 6 nitrogen and oxygen atoms in total. The number of amides is 1. The molecule has 5 N–H and O–H groups in total. The number of nitrogen functional groups attached to an aromatic ring is 1. The Morgan fingerprint density at radius 2 is 2.00 bits per heavy atom. The Bertz CT molecular complexity index is 471. The second-order valence-corrected chi connectivity index (χ2v) is 4.12. The van der Waals surface area contributed by atoms with E-state index in [-0.39, 0.29) is 11.3 Å². The van der Waals surface area contributed by atoms with Gasteiger partial charge in [-0.3, -0.25) is 4.79 Å². The predicted octanol–water partition coefficient (Wildman–Crippen LogP) is 0.141. The van der Waals surface area contributed by atoms with Gasteiger partial charge in [-0.2, -0.15) is 0 Å². The van der Waals surface area contributed by atoms with Crippen molar-refractivity contribution in [2.75, 3.05) is 5.73 Å². The Hall–Kier alpha value is -2.08. The van der Waals surface area contributed by atoms with Crippen LogP contribution in [0.1, 0.15) is 22.8 Å². The van der Waals surface area contributed by atoms with Crippen LogP contribution in [0.15, 0.2) is 18.2 Å². The molecule has 0 saturated carbocycles. The molecule has 0 aliphatic rings. The van der Waals surface area contributed by atoms with E-state index in [1.165, 1.54) is 6.92 Å². The van der Waals surface area contributed by atoms with E-state index in [1.54, 1.807) is 25.1 Å². The lowest BCUT2D eigenvalue weighted by Gasteiger charge is -2.17. The lowest BCUT2D eigenvalue weighted by atomic mass is 10.1. The summed E-state index contributed by atoms with van der Waals surface area (Å²) in [5.41, 5.74) is 6.93. The van der Waals surface area contributed by atoms with Crippen LogP contribution in [0.5, 0.6) is 0 Å². The number of nitrogens with one attached hydrogen (secondary N) is 1.